The SMILES string of the molecule is CC.CC/C(CN1CCC(N2CCN(c3cnc(C)c(NC=O)n3)CC2CC)CC1)=C(/F)CC=C(C)C.CCl.CNC. The predicted molar refractivity (Wildman–Crippen MR) is 179 cm³/mol. The number of likely N-dealkylation sites (tertiary alicyclic amines) is 1. The van der Waals surface area contributed by atoms with Crippen LogP contribution in [-0.2, 0) is 4.79 Å². The highest BCUT2D eigenvalue weighted by Crippen LogP contribution is 2.27. The third kappa shape index (κ3) is 13.5. The molecule has 8 nitrogen and oxygen atoms in total. The summed E-state index contributed by atoms with van der Waals surface area (Å²) in [4.78, 5) is 27.4. The highest BCUT2D eigenvalue weighted by atomic mass is 35.5. The number of alkyl halides is 1. The fourth-order valence-electron chi connectivity index (χ4n) is 5.21. The van der Waals surface area contributed by atoms with Gasteiger partial charge in [0.05, 0.1) is 11.9 Å². The van der Waals surface area contributed by atoms with E-state index in [0.717, 1.165) is 87.6 Å². The number of halogens is 2. The molecule has 0 saturated carbocycles. The summed E-state index contributed by atoms with van der Waals surface area (Å²) in [6.07, 6.45) is 10.4. The molecule has 3 heterocycles. The van der Waals surface area contributed by atoms with Gasteiger partial charge in [-0.15, -0.1) is 11.6 Å². The number of allylic oxidation sites excluding steroid dienone is 3. The number of piperidine rings is 1. The summed E-state index contributed by atoms with van der Waals surface area (Å²) in [5.74, 6) is 1.39. The second-order valence-electron chi connectivity index (χ2n) is 10.5. The number of hydrogen-bond acceptors (Lipinski definition) is 7. The van der Waals surface area contributed by atoms with Crippen molar-refractivity contribution in [2.45, 2.75) is 92.7 Å². The van der Waals surface area contributed by atoms with E-state index >= 15 is 0 Å². The van der Waals surface area contributed by atoms with Gasteiger partial charge in [0.15, 0.2) is 5.82 Å². The number of amides is 1. The van der Waals surface area contributed by atoms with Gasteiger partial charge >= 0.3 is 0 Å². The number of hydrogen-bond donors (Lipinski definition) is 2. The molecular weight excluding hydrogens is 553 g/mol. The number of carbonyl (C=O) groups excluding carboxylic acids is 1. The van der Waals surface area contributed by atoms with Gasteiger partial charge in [0.2, 0.25) is 6.41 Å². The van der Waals surface area contributed by atoms with Crippen molar-refractivity contribution in [1.82, 2.24) is 25.1 Å². The molecule has 1 aromatic heterocycles. The average Bonchev–Trinajstić information content (AvgIpc) is 3.02. The summed E-state index contributed by atoms with van der Waals surface area (Å²) >= 11 is 4.64. The van der Waals surface area contributed by atoms with E-state index < -0.39 is 0 Å². The number of piperazine rings is 1. The zero-order chi connectivity index (χ0) is 32.1. The van der Waals surface area contributed by atoms with Crippen molar-refractivity contribution in [1.29, 1.82) is 0 Å². The van der Waals surface area contributed by atoms with E-state index in [-0.39, 0.29) is 5.83 Å². The minimum Gasteiger partial charge on any atom is -0.352 e. The zero-order valence-electron chi connectivity index (χ0n) is 28.1. The Balaban J connectivity index is 0.00000221. The molecule has 2 N–H and O–H groups in total. The van der Waals surface area contributed by atoms with Crippen LogP contribution in [0, 0.1) is 6.92 Å². The van der Waals surface area contributed by atoms with Crippen LogP contribution in [0.3, 0.4) is 0 Å². The molecule has 0 bridgehead atoms. The van der Waals surface area contributed by atoms with Crippen molar-refractivity contribution in [3.05, 3.63) is 34.9 Å². The Kier molecular flexibility index (Phi) is 22.2. The van der Waals surface area contributed by atoms with Crippen molar-refractivity contribution in [2.75, 3.05) is 70.0 Å². The molecule has 0 aliphatic carbocycles. The maximum atomic E-state index is 14.7. The van der Waals surface area contributed by atoms with E-state index in [1.165, 1.54) is 6.38 Å². The number of carbonyl (C=O) groups is 1. The van der Waals surface area contributed by atoms with Gasteiger partial charge in [-0.25, -0.2) is 9.37 Å². The van der Waals surface area contributed by atoms with Crippen molar-refractivity contribution < 1.29 is 9.18 Å². The van der Waals surface area contributed by atoms with E-state index in [1.807, 2.05) is 61.0 Å². The minimum absolute atomic E-state index is 0.0451. The Morgan fingerprint density at radius 1 is 1.12 bits per heavy atom. The standard InChI is InChI=1S/C27H43FN6O.C2H7N.C2H6.CH3Cl/c1-6-22(25(28)9-8-20(3)4)17-32-12-10-24(11-13-32)34-15-14-33(18-23(34)7-2)26-16-29-21(5)27(31-26)30-19-35;1-3-2;2*1-2/h8,16,19,23-24H,6-7,9-15,17-18H2,1-5H3,(H,30,31,35);3H,1-2H3;1-2H3;1H3/b25-22-;;;. The molecule has 42 heavy (non-hydrogen) atoms. The summed E-state index contributed by atoms with van der Waals surface area (Å²) in [5, 5.41) is 5.41. The van der Waals surface area contributed by atoms with Crippen LogP contribution in [0.15, 0.2) is 29.2 Å². The fourth-order valence-corrected chi connectivity index (χ4v) is 5.21. The molecule has 0 radical (unpaired) electrons. The summed E-state index contributed by atoms with van der Waals surface area (Å²) in [5.41, 5.74) is 2.83. The van der Waals surface area contributed by atoms with Crippen LogP contribution in [0.1, 0.15) is 79.3 Å². The summed E-state index contributed by atoms with van der Waals surface area (Å²) in [6, 6.07) is 1.03. The van der Waals surface area contributed by atoms with Gasteiger partial charge in [-0.2, -0.15) is 0 Å². The highest BCUT2D eigenvalue weighted by molar-refractivity contribution is 6.15. The lowest BCUT2D eigenvalue weighted by molar-refractivity contribution is -0.105. The molecule has 2 aliphatic heterocycles. The van der Waals surface area contributed by atoms with Crippen LogP contribution in [0.4, 0.5) is 16.0 Å². The Morgan fingerprint density at radius 2 is 1.74 bits per heavy atom. The van der Waals surface area contributed by atoms with Crippen molar-refractivity contribution in [2.24, 2.45) is 0 Å². The number of aryl methyl sites for hydroxylation is 1. The predicted octanol–water partition coefficient (Wildman–Crippen LogP) is 6.43. The van der Waals surface area contributed by atoms with Gasteiger partial charge in [0, 0.05) is 51.1 Å². The Hall–Kier alpha value is -2.07. The third-order valence-electron chi connectivity index (χ3n) is 7.40. The maximum Gasteiger partial charge on any atom is 0.212 e. The van der Waals surface area contributed by atoms with E-state index in [1.54, 1.807) is 0 Å². The Morgan fingerprint density at radius 3 is 2.26 bits per heavy atom. The second-order valence-corrected chi connectivity index (χ2v) is 10.5. The van der Waals surface area contributed by atoms with Crippen LogP contribution in [0.5, 0.6) is 0 Å². The van der Waals surface area contributed by atoms with E-state index in [2.05, 4.69) is 60.7 Å². The number of nitrogens with zero attached hydrogens (tertiary/aromatic N) is 5. The Labute approximate surface area is 261 Å². The maximum absolute atomic E-state index is 14.7. The molecule has 1 atom stereocenters. The molecule has 1 aromatic rings. The smallest absolute Gasteiger partial charge is 0.212 e. The van der Waals surface area contributed by atoms with Crippen LogP contribution in [-0.4, -0.2) is 98.0 Å². The van der Waals surface area contributed by atoms with E-state index in [0.29, 0.717) is 30.7 Å². The lowest BCUT2D eigenvalue weighted by Gasteiger charge is -2.47. The topological polar surface area (TPSA) is 76.6 Å². The molecule has 3 rings (SSSR count). The zero-order valence-corrected chi connectivity index (χ0v) is 28.8. The first-order chi connectivity index (χ1) is 20.3. The van der Waals surface area contributed by atoms with E-state index in [9.17, 15) is 9.18 Å². The Bertz CT molecular complexity index is 931. The molecule has 1 unspecified atom stereocenters. The normalized spacial score (nSPS) is 18.2. The third-order valence-corrected chi connectivity index (χ3v) is 7.40. The molecule has 2 fully saturated rings. The molecule has 0 spiro atoms. The van der Waals surface area contributed by atoms with Crippen LogP contribution in [0.25, 0.3) is 0 Å². The van der Waals surface area contributed by atoms with E-state index in [4.69, 9.17) is 0 Å². The first-order valence-electron chi connectivity index (χ1n) is 15.5. The number of nitrogens with one attached hydrogen (secondary N) is 2. The van der Waals surface area contributed by atoms with Gasteiger partial charge in [-0.3, -0.25) is 19.6 Å². The van der Waals surface area contributed by atoms with Gasteiger partial charge in [-0.05, 0) is 79.2 Å². The fraction of sp³-hybridized carbons (Fsp3) is 0.719. The molecular formula is C32H59ClFN7O. The number of anilines is 2. The van der Waals surface area contributed by atoms with Gasteiger partial charge in [0.25, 0.3) is 0 Å². The molecule has 0 aromatic carbocycles. The van der Waals surface area contributed by atoms with Gasteiger partial charge in [-0.1, -0.05) is 39.3 Å². The monoisotopic (exact) mass is 611 g/mol. The average molecular weight is 612 g/mol. The minimum atomic E-state index is 0.0451. The second kappa shape index (κ2) is 23.4. The lowest BCUT2D eigenvalue weighted by Crippen LogP contribution is -2.58. The van der Waals surface area contributed by atoms with Gasteiger partial charge < -0.3 is 15.5 Å². The molecule has 2 aliphatic rings. The summed E-state index contributed by atoms with van der Waals surface area (Å²) in [6.45, 7) is 19.8. The van der Waals surface area contributed by atoms with Crippen LogP contribution in [0.2, 0.25) is 0 Å². The van der Waals surface area contributed by atoms with Gasteiger partial charge in [0.1, 0.15) is 11.6 Å². The summed E-state index contributed by atoms with van der Waals surface area (Å²) < 4.78 is 14.7. The van der Waals surface area contributed by atoms with Crippen LogP contribution >= 0.6 is 11.6 Å². The number of aromatic nitrogens is 2. The molecule has 1 amide bonds. The lowest BCUT2D eigenvalue weighted by atomic mass is 9.97. The molecule has 242 valence electrons. The van der Waals surface area contributed by atoms with Crippen molar-refractivity contribution >= 4 is 29.6 Å². The van der Waals surface area contributed by atoms with Crippen molar-refractivity contribution in [3.63, 3.8) is 0 Å². The first kappa shape index (κ1) is 39.9. The first-order valence-corrected chi connectivity index (χ1v) is 16.3. The summed E-state index contributed by atoms with van der Waals surface area (Å²) in [7, 11) is 3.75. The molecule has 10 heteroatoms. The number of rotatable bonds is 10. The quantitative estimate of drug-likeness (QED) is 0.179. The largest absolute Gasteiger partial charge is 0.352 e. The highest BCUT2D eigenvalue weighted by Gasteiger charge is 2.33. The molecule has 2 saturated heterocycles. The van der Waals surface area contributed by atoms with Crippen molar-refractivity contribution in [3.8, 4) is 0 Å². The van der Waals surface area contributed by atoms with Crippen LogP contribution < -0.4 is 15.5 Å².